The molecule has 31 heavy (non-hydrogen) atoms. The van der Waals surface area contributed by atoms with E-state index in [0.717, 1.165) is 51.4 Å². The van der Waals surface area contributed by atoms with Crippen LogP contribution in [0.4, 0.5) is 0 Å². The van der Waals surface area contributed by atoms with Gasteiger partial charge in [0.1, 0.15) is 12.2 Å². The first kappa shape index (κ1) is 22.6. The van der Waals surface area contributed by atoms with Crippen LogP contribution >= 0.6 is 0 Å². The second-order valence-corrected chi connectivity index (χ2v) is 11.0. The molecular formula is C25H38O6. The maximum atomic E-state index is 12.7. The first-order valence-corrected chi connectivity index (χ1v) is 12.0. The van der Waals surface area contributed by atoms with Gasteiger partial charge in [-0.25, -0.2) is 0 Å². The monoisotopic (exact) mass is 434 g/mol. The Balaban J connectivity index is 1.64. The minimum atomic E-state index is -0.363. The quantitative estimate of drug-likeness (QED) is 0.487. The molecule has 0 aromatic rings. The molecule has 4 rings (SSSR count). The Morgan fingerprint density at radius 2 is 1.55 bits per heavy atom. The summed E-state index contributed by atoms with van der Waals surface area (Å²) in [5.74, 6) is 1.05. The first-order chi connectivity index (χ1) is 14.6. The van der Waals surface area contributed by atoms with Gasteiger partial charge in [-0.2, -0.15) is 0 Å². The van der Waals surface area contributed by atoms with Gasteiger partial charge in [0.05, 0.1) is 13.0 Å². The highest BCUT2D eigenvalue weighted by Gasteiger charge is 2.66. The average molecular weight is 435 g/mol. The molecule has 4 saturated carbocycles. The largest absolute Gasteiger partial charge is 0.469 e. The molecule has 0 heterocycles. The zero-order valence-electron chi connectivity index (χ0n) is 19.6. The molecule has 0 aromatic heterocycles. The van der Waals surface area contributed by atoms with Crippen LogP contribution in [0.2, 0.25) is 0 Å². The van der Waals surface area contributed by atoms with E-state index < -0.39 is 0 Å². The van der Waals surface area contributed by atoms with Crippen LogP contribution in [-0.4, -0.2) is 37.2 Å². The van der Waals surface area contributed by atoms with Crippen LogP contribution in [-0.2, 0) is 28.6 Å². The molecule has 9 atom stereocenters. The number of carbonyl (C=O) groups is 3. The third-order valence-corrected chi connectivity index (χ3v) is 9.82. The summed E-state index contributed by atoms with van der Waals surface area (Å²) in [6.07, 6.45) is 7.54. The van der Waals surface area contributed by atoms with Crippen molar-refractivity contribution < 1.29 is 28.6 Å². The Kier molecular flexibility index (Phi) is 5.89. The smallest absolute Gasteiger partial charge is 0.309 e. The average Bonchev–Trinajstić information content (AvgIpc) is 3.06. The molecule has 4 fully saturated rings. The molecule has 0 aliphatic heterocycles. The fourth-order valence-corrected chi connectivity index (χ4v) is 8.41. The number of carbonyl (C=O) groups excluding carboxylic acids is 3. The lowest BCUT2D eigenvalue weighted by molar-refractivity contribution is -0.199. The second-order valence-electron chi connectivity index (χ2n) is 11.0. The van der Waals surface area contributed by atoms with E-state index in [9.17, 15) is 14.4 Å². The molecule has 0 saturated heterocycles. The van der Waals surface area contributed by atoms with E-state index in [1.807, 2.05) is 0 Å². The van der Waals surface area contributed by atoms with Gasteiger partial charge in [0.15, 0.2) is 0 Å². The first-order valence-electron chi connectivity index (χ1n) is 12.0. The van der Waals surface area contributed by atoms with Gasteiger partial charge in [-0.3, -0.25) is 14.4 Å². The van der Waals surface area contributed by atoms with Crippen molar-refractivity contribution in [2.24, 2.45) is 40.4 Å². The molecule has 0 spiro atoms. The maximum absolute atomic E-state index is 12.7. The van der Waals surface area contributed by atoms with Gasteiger partial charge in [0.2, 0.25) is 0 Å². The number of esters is 3. The summed E-state index contributed by atoms with van der Waals surface area (Å²) in [5, 5.41) is 0. The van der Waals surface area contributed by atoms with Crippen molar-refractivity contribution in [2.45, 2.75) is 91.3 Å². The van der Waals surface area contributed by atoms with Gasteiger partial charge in [-0.15, -0.1) is 0 Å². The summed E-state index contributed by atoms with van der Waals surface area (Å²) in [6.45, 7) is 7.55. The van der Waals surface area contributed by atoms with Crippen molar-refractivity contribution in [2.75, 3.05) is 7.11 Å². The van der Waals surface area contributed by atoms with Gasteiger partial charge in [0.25, 0.3) is 0 Å². The van der Waals surface area contributed by atoms with Gasteiger partial charge >= 0.3 is 17.9 Å². The molecule has 0 aromatic carbocycles. The maximum Gasteiger partial charge on any atom is 0.309 e. The zero-order valence-corrected chi connectivity index (χ0v) is 19.6. The van der Waals surface area contributed by atoms with Gasteiger partial charge in [0, 0.05) is 19.3 Å². The van der Waals surface area contributed by atoms with Crippen molar-refractivity contribution in [1.29, 1.82) is 0 Å². The third kappa shape index (κ3) is 3.58. The lowest BCUT2D eigenvalue weighted by atomic mass is 9.44. The van der Waals surface area contributed by atoms with Crippen LogP contribution in [0.3, 0.4) is 0 Å². The minimum Gasteiger partial charge on any atom is -0.469 e. The molecule has 6 heteroatoms. The highest BCUT2D eigenvalue weighted by atomic mass is 16.5. The standard InChI is InChI=1S/C25H38O6/c1-14(26)30-17-10-11-24(3)16(12-17)6-7-18-19-8-9-20(23(28)29-5)25(19,4)22(13-21(18)24)31-15(2)27/h16-22H,6-13H2,1-5H3/t16-,17-,18+,19-,20+,21-,22+,24+,25+/m1/s1. The molecule has 174 valence electrons. The van der Waals surface area contributed by atoms with E-state index in [4.69, 9.17) is 14.2 Å². The molecule has 0 unspecified atom stereocenters. The van der Waals surface area contributed by atoms with Gasteiger partial charge in [-0.1, -0.05) is 13.8 Å². The Morgan fingerprint density at radius 3 is 2.19 bits per heavy atom. The Labute approximate surface area is 185 Å². The van der Waals surface area contributed by atoms with E-state index in [1.165, 1.54) is 21.0 Å². The van der Waals surface area contributed by atoms with E-state index in [-0.39, 0.29) is 46.9 Å². The van der Waals surface area contributed by atoms with Gasteiger partial charge in [-0.05, 0) is 80.5 Å². The highest BCUT2D eigenvalue weighted by molar-refractivity contribution is 5.74. The van der Waals surface area contributed by atoms with E-state index in [1.54, 1.807) is 0 Å². The number of hydrogen-bond donors (Lipinski definition) is 0. The third-order valence-electron chi connectivity index (χ3n) is 9.82. The number of methoxy groups -OCH3 is 1. The lowest BCUT2D eigenvalue weighted by Gasteiger charge is -2.62. The van der Waals surface area contributed by atoms with Crippen molar-refractivity contribution in [3.05, 3.63) is 0 Å². The van der Waals surface area contributed by atoms with Gasteiger partial charge < -0.3 is 14.2 Å². The Bertz CT molecular complexity index is 748. The lowest BCUT2D eigenvalue weighted by Crippen LogP contribution is -2.60. The van der Waals surface area contributed by atoms with Crippen LogP contribution in [0, 0.1) is 40.4 Å². The molecule has 0 bridgehead atoms. The summed E-state index contributed by atoms with van der Waals surface area (Å²) in [5.41, 5.74) is -0.208. The van der Waals surface area contributed by atoms with Crippen LogP contribution < -0.4 is 0 Å². The topological polar surface area (TPSA) is 78.9 Å². The van der Waals surface area contributed by atoms with Crippen molar-refractivity contribution in [3.63, 3.8) is 0 Å². The Morgan fingerprint density at radius 1 is 0.839 bits per heavy atom. The van der Waals surface area contributed by atoms with Crippen molar-refractivity contribution >= 4 is 17.9 Å². The van der Waals surface area contributed by atoms with E-state index in [2.05, 4.69) is 13.8 Å². The van der Waals surface area contributed by atoms with Crippen molar-refractivity contribution in [1.82, 2.24) is 0 Å². The summed E-state index contributed by atoms with van der Waals surface area (Å²) in [6, 6.07) is 0. The number of rotatable bonds is 3. The molecule has 0 N–H and O–H groups in total. The molecule has 0 radical (unpaired) electrons. The molecule has 4 aliphatic rings. The number of hydrogen-bond acceptors (Lipinski definition) is 6. The number of ether oxygens (including phenoxy) is 3. The predicted molar refractivity (Wildman–Crippen MR) is 114 cm³/mol. The molecule has 4 aliphatic carbocycles. The number of fused-ring (bicyclic) bond motifs is 5. The zero-order chi connectivity index (χ0) is 22.6. The Hall–Kier alpha value is -1.59. The SMILES string of the molecule is COC(=O)[C@@H]1CC[C@@H]2[C@@H]3CC[C@@H]4C[C@H](OC(C)=O)CC[C@]4(C)[C@@H]3C[C@H](OC(C)=O)[C@@]21C. The predicted octanol–water partition coefficient (Wildman–Crippen LogP) is 4.29. The van der Waals surface area contributed by atoms with Crippen LogP contribution in [0.1, 0.15) is 79.1 Å². The molecule has 0 amide bonds. The van der Waals surface area contributed by atoms with Crippen molar-refractivity contribution in [3.8, 4) is 0 Å². The fourth-order valence-electron chi connectivity index (χ4n) is 8.41. The summed E-state index contributed by atoms with van der Waals surface area (Å²) < 4.78 is 16.7. The van der Waals surface area contributed by atoms with Crippen LogP contribution in [0.15, 0.2) is 0 Å². The van der Waals surface area contributed by atoms with Crippen LogP contribution in [0.5, 0.6) is 0 Å². The molecular weight excluding hydrogens is 396 g/mol. The summed E-state index contributed by atoms with van der Waals surface area (Å²) in [4.78, 5) is 36.2. The molecule has 6 nitrogen and oxygen atoms in total. The highest BCUT2D eigenvalue weighted by Crippen LogP contribution is 2.68. The van der Waals surface area contributed by atoms with Crippen LogP contribution in [0.25, 0.3) is 0 Å². The van der Waals surface area contributed by atoms with E-state index >= 15 is 0 Å². The normalized spacial score (nSPS) is 46.2. The fraction of sp³-hybridized carbons (Fsp3) is 0.880. The summed E-state index contributed by atoms with van der Waals surface area (Å²) >= 11 is 0. The second kappa shape index (κ2) is 8.08. The summed E-state index contributed by atoms with van der Waals surface area (Å²) in [7, 11) is 1.46. The minimum absolute atomic E-state index is 0.0282. The van der Waals surface area contributed by atoms with E-state index in [0.29, 0.717) is 23.7 Å².